The molecule has 0 bridgehead atoms. The van der Waals surface area contributed by atoms with Gasteiger partial charge in [0.05, 0.1) is 11.9 Å². The number of hydrogen-bond acceptors (Lipinski definition) is 5. The quantitative estimate of drug-likeness (QED) is 0.569. The molecule has 0 aliphatic heterocycles. The lowest BCUT2D eigenvalue weighted by molar-refractivity contribution is -0.116. The zero-order chi connectivity index (χ0) is 20.3. The van der Waals surface area contributed by atoms with Crippen molar-refractivity contribution in [2.45, 2.75) is 13.5 Å². The molecule has 0 radical (unpaired) electrons. The van der Waals surface area contributed by atoms with Gasteiger partial charge in [-0.05, 0) is 49.0 Å². The molecule has 6 nitrogen and oxygen atoms in total. The average Bonchev–Trinajstić information content (AvgIpc) is 2.97. The average molecular weight is 434 g/mol. The minimum absolute atomic E-state index is 0.0921. The van der Waals surface area contributed by atoms with Gasteiger partial charge in [0.25, 0.3) is 0 Å². The van der Waals surface area contributed by atoms with E-state index in [1.807, 2.05) is 36.6 Å². The molecular weight excluding hydrogens is 414 g/mol. The first-order chi connectivity index (χ1) is 13.2. The highest BCUT2D eigenvalue weighted by atomic mass is 32.2. The highest BCUT2D eigenvalue weighted by Crippen LogP contribution is 2.24. The molecule has 0 unspecified atom stereocenters. The van der Waals surface area contributed by atoms with E-state index in [9.17, 15) is 13.2 Å². The summed E-state index contributed by atoms with van der Waals surface area (Å²) in [6.45, 7) is 2.11. The van der Waals surface area contributed by atoms with Crippen molar-refractivity contribution in [1.29, 1.82) is 0 Å². The highest BCUT2D eigenvalue weighted by Gasteiger charge is 2.11. The Balaban J connectivity index is 1.73. The molecular formula is C19H19N3O3S3. The summed E-state index contributed by atoms with van der Waals surface area (Å²) in [7, 11) is -3.34. The molecule has 1 amide bonds. The Bertz CT molecular complexity index is 1150. The van der Waals surface area contributed by atoms with E-state index in [0.29, 0.717) is 15.3 Å². The summed E-state index contributed by atoms with van der Waals surface area (Å²) in [4.78, 5) is 12.5. The van der Waals surface area contributed by atoms with Gasteiger partial charge >= 0.3 is 0 Å². The van der Waals surface area contributed by atoms with E-state index in [0.717, 1.165) is 23.1 Å². The number of nitrogens with one attached hydrogen (secondary N) is 2. The van der Waals surface area contributed by atoms with Crippen LogP contribution in [0.25, 0.3) is 11.3 Å². The van der Waals surface area contributed by atoms with Crippen molar-refractivity contribution < 1.29 is 13.2 Å². The number of aryl methyl sites for hydroxylation is 1. The fraction of sp³-hybridized carbons (Fsp3) is 0.158. The van der Waals surface area contributed by atoms with Crippen molar-refractivity contribution in [2.24, 2.45) is 0 Å². The third-order valence-corrected chi connectivity index (χ3v) is 5.78. The zero-order valence-electron chi connectivity index (χ0n) is 15.3. The van der Waals surface area contributed by atoms with Gasteiger partial charge in [-0.25, -0.2) is 8.42 Å². The molecule has 9 heteroatoms. The summed E-state index contributed by atoms with van der Waals surface area (Å²) in [6, 6.07) is 14.5. The SMILES string of the molecule is Cc1ccc(-c2csc(=S)n2CC(=O)Nc2ccc(NS(C)(=O)=O)cc2)cc1. The van der Waals surface area contributed by atoms with Gasteiger partial charge in [0.15, 0.2) is 3.95 Å². The second-order valence-corrected chi connectivity index (χ2v) is 9.59. The predicted octanol–water partition coefficient (Wildman–Crippen LogP) is 4.26. The van der Waals surface area contributed by atoms with E-state index in [1.165, 1.54) is 11.3 Å². The number of aromatic nitrogens is 1. The number of sulfonamides is 1. The lowest BCUT2D eigenvalue weighted by Gasteiger charge is -2.11. The largest absolute Gasteiger partial charge is 0.325 e. The van der Waals surface area contributed by atoms with Crippen molar-refractivity contribution >= 4 is 50.9 Å². The van der Waals surface area contributed by atoms with Gasteiger partial charge < -0.3 is 9.88 Å². The van der Waals surface area contributed by atoms with Crippen LogP contribution in [0.4, 0.5) is 11.4 Å². The molecule has 3 rings (SSSR count). The van der Waals surface area contributed by atoms with E-state index < -0.39 is 10.0 Å². The van der Waals surface area contributed by atoms with E-state index in [2.05, 4.69) is 10.0 Å². The van der Waals surface area contributed by atoms with Gasteiger partial charge in [0, 0.05) is 16.8 Å². The van der Waals surface area contributed by atoms with Crippen LogP contribution < -0.4 is 10.0 Å². The zero-order valence-corrected chi connectivity index (χ0v) is 17.7. The highest BCUT2D eigenvalue weighted by molar-refractivity contribution is 7.92. The first kappa shape index (κ1) is 20.2. The first-order valence-electron chi connectivity index (χ1n) is 8.34. The number of hydrogen-bond donors (Lipinski definition) is 2. The molecule has 0 aliphatic rings. The van der Waals surface area contributed by atoms with Crippen molar-refractivity contribution in [2.75, 3.05) is 16.3 Å². The van der Waals surface area contributed by atoms with Crippen molar-refractivity contribution in [3.05, 3.63) is 63.4 Å². The number of benzene rings is 2. The number of rotatable bonds is 6. The molecule has 0 aliphatic carbocycles. The summed E-state index contributed by atoms with van der Waals surface area (Å²) in [6.07, 6.45) is 1.08. The Morgan fingerprint density at radius 1 is 1.07 bits per heavy atom. The van der Waals surface area contributed by atoms with Gasteiger partial charge in [-0.15, -0.1) is 11.3 Å². The van der Waals surface area contributed by atoms with E-state index in [1.54, 1.807) is 28.8 Å². The molecule has 1 aromatic heterocycles. The maximum absolute atomic E-state index is 12.5. The van der Waals surface area contributed by atoms with Gasteiger partial charge in [-0.2, -0.15) is 0 Å². The van der Waals surface area contributed by atoms with Gasteiger partial charge in [-0.3, -0.25) is 9.52 Å². The maximum atomic E-state index is 12.5. The lowest BCUT2D eigenvalue weighted by atomic mass is 10.1. The summed E-state index contributed by atoms with van der Waals surface area (Å²) in [5.41, 5.74) is 4.07. The Morgan fingerprint density at radius 3 is 2.29 bits per heavy atom. The standard InChI is InChI=1S/C19H19N3O3S3/c1-13-3-5-14(6-4-13)17-12-27-19(26)22(17)11-18(23)20-15-7-9-16(10-8-15)21-28(2,24)25/h3-10,12,21H,11H2,1-2H3,(H,20,23). The number of carbonyl (C=O) groups is 1. The fourth-order valence-corrected chi connectivity index (χ4v) is 4.25. The van der Waals surface area contributed by atoms with Crippen LogP contribution in [0.15, 0.2) is 53.9 Å². The molecule has 28 heavy (non-hydrogen) atoms. The Kier molecular flexibility index (Phi) is 5.97. The topological polar surface area (TPSA) is 80.2 Å². The summed E-state index contributed by atoms with van der Waals surface area (Å²) in [5, 5.41) is 4.76. The smallest absolute Gasteiger partial charge is 0.244 e. The Morgan fingerprint density at radius 2 is 1.68 bits per heavy atom. The van der Waals surface area contributed by atoms with Crippen LogP contribution in [0.3, 0.4) is 0 Å². The van der Waals surface area contributed by atoms with Gasteiger partial charge in [0.1, 0.15) is 6.54 Å². The minimum atomic E-state index is -3.34. The maximum Gasteiger partial charge on any atom is 0.244 e. The number of anilines is 2. The minimum Gasteiger partial charge on any atom is -0.325 e. The van der Waals surface area contributed by atoms with Crippen LogP contribution in [-0.2, 0) is 21.4 Å². The fourth-order valence-electron chi connectivity index (χ4n) is 2.61. The van der Waals surface area contributed by atoms with Crippen molar-refractivity contribution in [3.63, 3.8) is 0 Å². The van der Waals surface area contributed by atoms with Crippen LogP contribution in [0.2, 0.25) is 0 Å². The van der Waals surface area contributed by atoms with Crippen molar-refractivity contribution in [3.8, 4) is 11.3 Å². The number of carbonyl (C=O) groups excluding carboxylic acids is 1. The molecule has 0 spiro atoms. The second kappa shape index (κ2) is 8.26. The van der Waals surface area contributed by atoms with Crippen LogP contribution >= 0.6 is 23.6 Å². The Hall–Kier alpha value is -2.49. The Labute approximate surface area is 172 Å². The molecule has 0 fully saturated rings. The predicted molar refractivity (Wildman–Crippen MR) is 117 cm³/mol. The van der Waals surface area contributed by atoms with Crippen LogP contribution in [0.1, 0.15) is 5.56 Å². The number of nitrogens with zero attached hydrogens (tertiary/aromatic N) is 1. The van der Waals surface area contributed by atoms with Crippen LogP contribution in [0, 0.1) is 10.9 Å². The molecule has 0 saturated heterocycles. The molecule has 3 aromatic rings. The normalized spacial score (nSPS) is 11.2. The molecule has 2 N–H and O–H groups in total. The number of thiazole rings is 1. The third kappa shape index (κ3) is 5.28. The molecule has 1 heterocycles. The molecule has 146 valence electrons. The summed E-state index contributed by atoms with van der Waals surface area (Å²) < 4.78 is 27.3. The number of amides is 1. The first-order valence-corrected chi connectivity index (χ1v) is 11.5. The van der Waals surface area contributed by atoms with E-state index in [4.69, 9.17) is 12.2 Å². The monoisotopic (exact) mass is 433 g/mol. The van der Waals surface area contributed by atoms with Crippen LogP contribution in [-0.4, -0.2) is 25.1 Å². The summed E-state index contributed by atoms with van der Waals surface area (Å²) in [5.74, 6) is -0.216. The van der Waals surface area contributed by atoms with Gasteiger partial charge in [-0.1, -0.05) is 29.8 Å². The molecule has 0 saturated carbocycles. The molecule has 2 aromatic carbocycles. The van der Waals surface area contributed by atoms with E-state index in [-0.39, 0.29) is 12.5 Å². The summed E-state index contributed by atoms with van der Waals surface area (Å²) >= 11 is 6.80. The van der Waals surface area contributed by atoms with Gasteiger partial charge in [0.2, 0.25) is 15.9 Å². The lowest BCUT2D eigenvalue weighted by Crippen LogP contribution is -2.19. The third-order valence-electron chi connectivity index (χ3n) is 3.90. The van der Waals surface area contributed by atoms with Crippen molar-refractivity contribution in [1.82, 2.24) is 4.57 Å². The second-order valence-electron chi connectivity index (χ2n) is 6.34. The van der Waals surface area contributed by atoms with E-state index >= 15 is 0 Å². The van der Waals surface area contributed by atoms with Crippen LogP contribution in [0.5, 0.6) is 0 Å². The molecule has 0 atom stereocenters.